The van der Waals surface area contributed by atoms with Gasteiger partial charge in [-0.25, -0.2) is 16.8 Å². The summed E-state index contributed by atoms with van der Waals surface area (Å²) in [6, 6.07) is 23.3. The highest BCUT2D eigenvalue weighted by Gasteiger charge is 2.51. The molecule has 24 heteroatoms. The Labute approximate surface area is 525 Å². The van der Waals surface area contributed by atoms with Crippen molar-refractivity contribution in [3.63, 3.8) is 0 Å². The molecule has 0 unspecified atom stereocenters. The van der Waals surface area contributed by atoms with Gasteiger partial charge in [-0.05, 0) is 109 Å². The van der Waals surface area contributed by atoms with Gasteiger partial charge in [0.1, 0.15) is 36.6 Å². The highest BCUT2D eigenvalue weighted by Crippen LogP contribution is 2.52. The van der Waals surface area contributed by atoms with Gasteiger partial charge in [-0.15, -0.1) is 0 Å². The summed E-state index contributed by atoms with van der Waals surface area (Å²) in [5, 5.41) is 128. The first-order valence-electron chi connectivity index (χ1n) is 30.4. The first-order chi connectivity index (χ1) is 41.4. The smallest absolute Gasteiger partial charge is 0.256 e. The van der Waals surface area contributed by atoms with E-state index in [1.165, 1.54) is 12.1 Å². The van der Waals surface area contributed by atoms with E-state index >= 15 is 0 Å². The maximum Gasteiger partial charge on any atom is 0.256 e. The standard InChI is InChI=1S/2C32H48N2O9S.CH4/c2*1-5-7-14-32(15-8-6-2)19-44(42,43)25-13-12-22(34(3)4)17-23(25)26(30(32)40)20-10-9-11-21(16-20)33-31(41)29(39)28(38)27(37)24(36)18-35;/h2*9-13,16-17,24,26-30,35-40H,5-8,14-15,18-19H2,1-4H3,(H,33,41);1H4/t24-,26+,27-,28+,29-,30+;24-,26-,27-,28+,29-,30-;/m11./s1. The van der Waals surface area contributed by atoms with Crippen LogP contribution in [-0.4, -0.2) is 204 Å². The van der Waals surface area contributed by atoms with E-state index < -0.39 is 128 Å². The Hall–Kier alpha value is -5.16. The van der Waals surface area contributed by atoms with Gasteiger partial charge in [0, 0.05) is 73.6 Å². The zero-order valence-electron chi connectivity index (χ0n) is 51.9. The number of nitrogens with zero attached hydrogens (tertiary/aromatic N) is 2. The lowest BCUT2D eigenvalue weighted by atomic mass is 9.68. The molecule has 4 aromatic rings. The number of aliphatic hydroxyl groups is 12. The summed E-state index contributed by atoms with van der Waals surface area (Å²) >= 11 is 0. The monoisotopic (exact) mass is 1290 g/mol. The number of carbonyl (C=O) groups excluding carboxylic acids is 2. The van der Waals surface area contributed by atoms with Crippen molar-refractivity contribution in [2.24, 2.45) is 10.8 Å². The van der Waals surface area contributed by atoms with Crippen LogP contribution in [-0.2, 0) is 29.3 Å². The number of rotatable bonds is 28. The van der Waals surface area contributed by atoms with Crippen LogP contribution in [0, 0.1) is 10.8 Å². The van der Waals surface area contributed by atoms with Crippen molar-refractivity contribution in [2.45, 2.75) is 195 Å². The second-order valence-electron chi connectivity index (χ2n) is 24.3. The summed E-state index contributed by atoms with van der Waals surface area (Å²) in [7, 11) is -0.224. The Balaban J connectivity index is 0.000000376. The minimum Gasteiger partial charge on any atom is -0.394 e. The fourth-order valence-electron chi connectivity index (χ4n) is 12.2. The van der Waals surface area contributed by atoms with Crippen molar-refractivity contribution in [3.8, 4) is 0 Å². The van der Waals surface area contributed by atoms with Gasteiger partial charge in [-0.2, -0.15) is 0 Å². The van der Waals surface area contributed by atoms with Crippen LogP contribution in [0.2, 0.25) is 0 Å². The van der Waals surface area contributed by atoms with Crippen molar-refractivity contribution < 1.29 is 87.7 Å². The molecular weight excluding hydrogens is 1190 g/mol. The van der Waals surface area contributed by atoms with Crippen LogP contribution in [0.25, 0.3) is 0 Å². The van der Waals surface area contributed by atoms with Crippen molar-refractivity contribution in [2.75, 3.05) is 73.3 Å². The van der Waals surface area contributed by atoms with E-state index in [1.54, 1.807) is 72.8 Å². The van der Waals surface area contributed by atoms with E-state index in [0.717, 1.165) is 62.7 Å². The number of amides is 2. The topological polar surface area (TPSA) is 376 Å². The summed E-state index contributed by atoms with van der Waals surface area (Å²) in [4.78, 5) is 29.6. The highest BCUT2D eigenvalue weighted by atomic mass is 32.2. The second-order valence-corrected chi connectivity index (χ2v) is 28.2. The number of sulfone groups is 2. The molecule has 0 spiro atoms. The molecule has 0 fully saturated rings. The number of anilines is 4. The molecule has 2 amide bonds. The van der Waals surface area contributed by atoms with Gasteiger partial charge >= 0.3 is 0 Å². The fourth-order valence-corrected chi connectivity index (χ4v) is 16.6. The van der Waals surface area contributed by atoms with Gasteiger partial charge in [0.25, 0.3) is 11.8 Å². The van der Waals surface area contributed by atoms with Crippen LogP contribution in [0.15, 0.2) is 94.7 Å². The van der Waals surface area contributed by atoms with Crippen molar-refractivity contribution in [1.29, 1.82) is 0 Å². The third-order valence-electron chi connectivity index (χ3n) is 17.4. The fraction of sp³-hybridized carbons (Fsp3) is 0.600. The predicted octanol–water partition coefficient (Wildman–Crippen LogP) is 4.18. The average molecular weight is 1290 g/mol. The van der Waals surface area contributed by atoms with Crippen LogP contribution in [0.1, 0.15) is 146 Å². The number of hydrogen-bond donors (Lipinski definition) is 14. The van der Waals surface area contributed by atoms with E-state index in [2.05, 4.69) is 10.6 Å². The summed E-state index contributed by atoms with van der Waals surface area (Å²) in [6.07, 6.45) is -9.65. The van der Waals surface area contributed by atoms with Crippen LogP contribution in [0.5, 0.6) is 0 Å². The highest BCUT2D eigenvalue weighted by molar-refractivity contribution is 7.91. The molecule has 2 aliphatic rings. The van der Waals surface area contributed by atoms with Gasteiger partial charge < -0.3 is 81.7 Å². The molecular formula is C65H100N4O18S2. The number of nitrogens with one attached hydrogen (secondary N) is 2. The number of unbranched alkanes of at least 4 members (excludes halogenated alkanes) is 4. The molecule has 2 heterocycles. The lowest BCUT2D eigenvalue weighted by Gasteiger charge is -2.40. The largest absolute Gasteiger partial charge is 0.394 e. The van der Waals surface area contributed by atoms with Crippen LogP contribution >= 0.6 is 0 Å². The van der Waals surface area contributed by atoms with Crippen LogP contribution in [0.4, 0.5) is 22.7 Å². The van der Waals surface area contributed by atoms with E-state index in [4.69, 9.17) is 10.2 Å². The summed E-state index contributed by atoms with van der Waals surface area (Å²) < 4.78 is 56.1. The number of aliphatic hydroxyl groups excluding tert-OH is 12. The molecule has 0 saturated heterocycles. The van der Waals surface area contributed by atoms with Gasteiger partial charge in [0.15, 0.2) is 31.9 Å². The maximum atomic E-state index is 14.0. The molecule has 500 valence electrons. The maximum absolute atomic E-state index is 14.0. The van der Waals surface area contributed by atoms with E-state index in [0.29, 0.717) is 47.9 Å². The molecule has 14 N–H and O–H groups in total. The Morgan fingerprint density at radius 2 is 0.820 bits per heavy atom. The zero-order valence-corrected chi connectivity index (χ0v) is 53.5. The first-order valence-corrected chi connectivity index (χ1v) is 33.7. The minimum atomic E-state index is -3.80. The van der Waals surface area contributed by atoms with E-state index in [1.807, 2.05) is 65.7 Å². The zero-order chi connectivity index (χ0) is 65.6. The Kier molecular flexibility index (Phi) is 28.7. The van der Waals surface area contributed by atoms with Crippen molar-refractivity contribution in [1.82, 2.24) is 0 Å². The van der Waals surface area contributed by atoms with E-state index in [9.17, 15) is 77.5 Å². The Morgan fingerprint density at radius 3 is 1.10 bits per heavy atom. The third-order valence-corrected chi connectivity index (χ3v) is 21.4. The molecule has 6 rings (SSSR count). The summed E-state index contributed by atoms with van der Waals surface area (Å²) in [6.45, 7) is 6.35. The molecule has 2 aliphatic heterocycles. The lowest BCUT2D eigenvalue weighted by molar-refractivity contribution is -0.144. The number of hydrogen-bond acceptors (Lipinski definition) is 20. The van der Waals surface area contributed by atoms with Gasteiger partial charge in [-0.3, -0.25) is 9.59 Å². The molecule has 0 radical (unpaired) electrons. The van der Waals surface area contributed by atoms with Crippen molar-refractivity contribution in [3.05, 3.63) is 107 Å². The molecule has 4 aromatic carbocycles. The van der Waals surface area contributed by atoms with Crippen LogP contribution < -0.4 is 20.4 Å². The number of carbonyl (C=O) groups is 2. The summed E-state index contributed by atoms with van der Waals surface area (Å²) in [5.41, 5.74) is 2.10. The van der Waals surface area contributed by atoms with E-state index in [-0.39, 0.29) is 40.1 Å². The first kappa shape index (κ1) is 76.3. The third kappa shape index (κ3) is 18.1. The predicted molar refractivity (Wildman–Crippen MR) is 343 cm³/mol. The second kappa shape index (κ2) is 33.4. The Bertz CT molecular complexity index is 2930. The SMILES string of the molecule is C.CCCCC1(CCCC)CS(=O)(=O)c2ccc(N(C)C)cc2[C@@H](c2cccc(NC(=O)[C@H](O)[C@@H](O)[C@H](O)[C@H](O)CO)c2)[C@H]1O.CCCCC1(CCCC)CS(=O)(=O)c2ccc(N(C)C)cc2[C@H](c2cccc(NC(=O)[C@H](O)[C@@H](O)[C@H](O)[C@H](O)CO)c2)[C@@H]1O. The molecule has 22 nitrogen and oxygen atoms in total. The molecule has 0 bridgehead atoms. The quantitative estimate of drug-likeness (QED) is 0.0379. The Morgan fingerprint density at radius 1 is 0.506 bits per heavy atom. The molecule has 89 heavy (non-hydrogen) atoms. The normalized spacial score (nSPS) is 21.5. The molecule has 0 aliphatic carbocycles. The number of benzene rings is 4. The van der Waals surface area contributed by atoms with Gasteiger partial charge in [0.2, 0.25) is 0 Å². The van der Waals surface area contributed by atoms with Crippen molar-refractivity contribution >= 4 is 54.2 Å². The molecule has 0 saturated carbocycles. The van der Waals surface area contributed by atoms with Crippen LogP contribution in [0.3, 0.4) is 0 Å². The average Bonchev–Trinajstić information content (AvgIpc) is 1.69. The summed E-state index contributed by atoms with van der Waals surface area (Å²) in [5.74, 6) is -4.06. The minimum absolute atomic E-state index is 0. The lowest BCUT2D eigenvalue weighted by Crippen LogP contribution is -2.50. The molecule has 0 aromatic heterocycles. The van der Waals surface area contributed by atoms with Gasteiger partial charge in [0.05, 0.1) is 46.7 Å². The number of fused-ring (bicyclic) bond motifs is 2. The molecule has 12 atom stereocenters. The van der Waals surface area contributed by atoms with Gasteiger partial charge in [-0.1, -0.05) is 111 Å².